The van der Waals surface area contributed by atoms with Crippen molar-refractivity contribution in [3.63, 3.8) is 0 Å². The quantitative estimate of drug-likeness (QED) is 0.904. The van der Waals surface area contributed by atoms with Crippen LogP contribution in [0.5, 0.6) is 0 Å². The first-order valence-corrected chi connectivity index (χ1v) is 7.26. The molecule has 0 saturated heterocycles. The number of hydrogen-bond donors (Lipinski definition) is 1. The minimum atomic E-state index is 0.520. The van der Waals surface area contributed by atoms with E-state index in [1.807, 2.05) is 12.3 Å². The number of nitrogens with two attached hydrogens (primary N) is 1. The summed E-state index contributed by atoms with van der Waals surface area (Å²) in [6.07, 6.45) is 6.36. The summed E-state index contributed by atoms with van der Waals surface area (Å²) in [5.41, 5.74) is 6.55. The molecule has 0 unspecified atom stereocenters. The molecule has 0 spiro atoms. The third-order valence-corrected chi connectivity index (χ3v) is 4.23. The zero-order valence-electron chi connectivity index (χ0n) is 10.5. The fourth-order valence-corrected chi connectivity index (χ4v) is 3.25. The van der Waals surface area contributed by atoms with Crippen molar-refractivity contribution in [1.29, 1.82) is 0 Å². The van der Waals surface area contributed by atoms with Crippen LogP contribution < -0.4 is 5.73 Å². The summed E-state index contributed by atoms with van der Waals surface area (Å²) < 4.78 is 2.24. The third-order valence-electron chi connectivity index (χ3n) is 3.56. The van der Waals surface area contributed by atoms with Crippen LogP contribution in [0.2, 0.25) is 0 Å². The SMILES string of the molecule is Cc1nnc(-c2csc(N)n2)n1C1CCCCC1. The van der Waals surface area contributed by atoms with Gasteiger partial charge in [-0.25, -0.2) is 4.98 Å². The lowest BCUT2D eigenvalue weighted by atomic mass is 9.95. The molecule has 1 saturated carbocycles. The number of hydrogen-bond acceptors (Lipinski definition) is 5. The minimum Gasteiger partial charge on any atom is -0.375 e. The maximum atomic E-state index is 5.70. The van der Waals surface area contributed by atoms with Gasteiger partial charge in [0.15, 0.2) is 11.0 Å². The molecule has 2 aromatic rings. The summed E-state index contributed by atoms with van der Waals surface area (Å²) >= 11 is 1.45. The standard InChI is InChI=1S/C12H17N5S/c1-8-15-16-11(10-7-18-12(13)14-10)17(8)9-5-3-2-4-6-9/h7,9H,2-6H2,1H3,(H2,13,14). The van der Waals surface area contributed by atoms with Gasteiger partial charge in [0.1, 0.15) is 11.5 Å². The normalized spacial score (nSPS) is 17.2. The van der Waals surface area contributed by atoms with Crippen LogP contribution in [0, 0.1) is 6.92 Å². The molecular formula is C12H17N5S. The Morgan fingerprint density at radius 1 is 1.28 bits per heavy atom. The Hall–Kier alpha value is -1.43. The van der Waals surface area contributed by atoms with Gasteiger partial charge < -0.3 is 10.3 Å². The van der Waals surface area contributed by atoms with Crippen molar-refractivity contribution < 1.29 is 0 Å². The molecule has 0 aliphatic heterocycles. The van der Waals surface area contributed by atoms with Gasteiger partial charge in [-0.15, -0.1) is 21.5 Å². The van der Waals surface area contributed by atoms with E-state index in [0.29, 0.717) is 11.2 Å². The summed E-state index contributed by atoms with van der Waals surface area (Å²) in [5, 5.41) is 11.0. The molecule has 2 N–H and O–H groups in total. The van der Waals surface area contributed by atoms with Gasteiger partial charge in [-0.1, -0.05) is 19.3 Å². The lowest BCUT2D eigenvalue weighted by molar-refractivity contribution is 0.350. The number of nitrogen functional groups attached to an aromatic ring is 1. The molecular weight excluding hydrogens is 246 g/mol. The number of aromatic nitrogens is 4. The van der Waals surface area contributed by atoms with E-state index in [4.69, 9.17) is 5.73 Å². The summed E-state index contributed by atoms with van der Waals surface area (Å²) in [6, 6.07) is 0.520. The maximum absolute atomic E-state index is 5.70. The van der Waals surface area contributed by atoms with Crippen LogP contribution >= 0.6 is 11.3 Å². The molecule has 3 rings (SSSR count). The average Bonchev–Trinajstić information content (AvgIpc) is 2.96. The van der Waals surface area contributed by atoms with Crippen LogP contribution in [-0.4, -0.2) is 19.7 Å². The highest BCUT2D eigenvalue weighted by molar-refractivity contribution is 7.13. The van der Waals surface area contributed by atoms with Crippen molar-refractivity contribution in [1.82, 2.24) is 19.7 Å². The molecule has 6 heteroatoms. The fraction of sp³-hybridized carbons (Fsp3) is 0.583. The van der Waals surface area contributed by atoms with Gasteiger partial charge in [-0.2, -0.15) is 0 Å². The van der Waals surface area contributed by atoms with Crippen LogP contribution in [0.1, 0.15) is 44.0 Å². The van der Waals surface area contributed by atoms with E-state index in [2.05, 4.69) is 19.7 Å². The molecule has 18 heavy (non-hydrogen) atoms. The van der Waals surface area contributed by atoms with Crippen molar-refractivity contribution in [3.05, 3.63) is 11.2 Å². The molecule has 1 fully saturated rings. The van der Waals surface area contributed by atoms with Crippen molar-refractivity contribution in [2.24, 2.45) is 0 Å². The highest BCUT2D eigenvalue weighted by Crippen LogP contribution is 2.33. The second-order valence-corrected chi connectivity index (χ2v) is 5.69. The summed E-state index contributed by atoms with van der Waals surface area (Å²) in [4.78, 5) is 4.32. The molecule has 2 heterocycles. The molecule has 2 aromatic heterocycles. The Balaban J connectivity index is 2.00. The summed E-state index contributed by atoms with van der Waals surface area (Å²) in [6.45, 7) is 2.01. The predicted molar refractivity (Wildman–Crippen MR) is 72.4 cm³/mol. The first-order valence-electron chi connectivity index (χ1n) is 6.38. The van der Waals surface area contributed by atoms with Gasteiger partial charge in [0.05, 0.1) is 0 Å². The van der Waals surface area contributed by atoms with Crippen LogP contribution in [0.3, 0.4) is 0 Å². The van der Waals surface area contributed by atoms with Crippen LogP contribution in [0.4, 0.5) is 5.13 Å². The third kappa shape index (κ3) is 2.01. The monoisotopic (exact) mass is 263 g/mol. The predicted octanol–water partition coefficient (Wildman–Crippen LogP) is 2.80. The van der Waals surface area contributed by atoms with Gasteiger partial charge >= 0.3 is 0 Å². The van der Waals surface area contributed by atoms with Gasteiger partial charge in [0.25, 0.3) is 0 Å². The molecule has 0 radical (unpaired) electrons. The molecule has 0 atom stereocenters. The van der Waals surface area contributed by atoms with Crippen molar-refractivity contribution >= 4 is 16.5 Å². The Bertz CT molecular complexity index is 538. The van der Waals surface area contributed by atoms with E-state index in [0.717, 1.165) is 17.3 Å². The molecule has 96 valence electrons. The Kier molecular flexibility index (Phi) is 3.03. The lowest BCUT2D eigenvalue weighted by Gasteiger charge is -2.24. The smallest absolute Gasteiger partial charge is 0.183 e. The van der Waals surface area contributed by atoms with Crippen LogP contribution in [0.25, 0.3) is 11.5 Å². The number of aryl methyl sites for hydroxylation is 1. The second kappa shape index (κ2) is 4.68. The van der Waals surface area contributed by atoms with Gasteiger partial charge in [-0.05, 0) is 19.8 Å². The minimum absolute atomic E-state index is 0.520. The van der Waals surface area contributed by atoms with E-state index in [1.165, 1.54) is 43.4 Å². The first kappa shape index (κ1) is 11.6. The van der Waals surface area contributed by atoms with Crippen molar-refractivity contribution in [2.45, 2.75) is 45.1 Å². The maximum Gasteiger partial charge on any atom is 0.183 e. The number of anilines is 1. The largest absolute Gasteiger partial charge is 0.375 e. The fourth-order valence-electron chi connectivity index (χ4n) is 2.71. The van der Waals surface area contributed by atoms with Gasteiger partial charge in [0, 0.05) is 11.4 Å². The topological polar surface area (TPSA) is 69.6 Å². The number of rotatable bonds is 2. The van der Waals surface area contributed by atoms with Crippen molar-refractivity contribution in [2.75, 3.05) is 5.73 Å². The second-order valence-electron chi connectivity index (χ2n) is 4.80. The zero-order chi connectivity index (χ0) is 12.5. The summed E-state index contributed by atoms with van der Waals surface area (Å²) in [5.74, 6) is 1.84. The van der Waals surface area contributed by atoms with E-state index in [1.54, 1.807) is 0 Å². The van der Waals surface area contributed by atoms with E-state index < -0.39 is 0 Å². The molecule has 1 aliphatic carbocycles. The van der Waals surface area contributed by atoms with E-state index in [9.17, 15) is 0 Å². The average molecular weight is 263 g/mol. The zero-order valence-corrected chi connectivity index (χ0v) is 11.3. The Morgan fingerprint density at radius 3 is 2.72 bits per heavy atom. The Labute approximate surface area is 110 Å². The molecule has 0 aromatic carbocycles. The number of nitrogens with zero attached hydrogens (tertiary/aromatic N) is 4. The van der Waals surface area contributed by atoms with Crippen molar-refractivity contribution in [3.8, 4) is 11.5 Å². The number of thiazole rings is 1. The van der Waals surface area contributed by atoms with Crippen LogP contribution in [-0.2, 0) is 0 Å². The van der Waals surface area contributed by atoms with Crippen LogP contribution in [0.15, 0.2) is 5.38 Å². The lowest BCUT2D eigenvalue weighted by Crippen LogP contribution is -2.15. The summed E-state index contributed by atoms with van der Waals surface area (Å²) in [7, 11) is 0. The Morgan fingerprint density at radius 2 is 2.06 bits per heavy atom. The molecule has 1 aliphatic rings. The van der Waals surface area contributed by atoms with E-state index in [-0.39, 0.29) is 0 Å². The van der Waals surface area contributed by atoms with Gasteiger partial charge in [-0.3, -0.25) is 0 Å². The molecule has 5 nitrogen and oxygen atoms in total. The highest BCUT2D eigenvalue weighted by Gasteiger charge is 2.22. The highest BCUT2D eigenvalue weighted by atomic mass is 32.1. The molecule has 0 amide bonds. The molecule has 0 bridgehead atoms. The van der Waals surface area contributed by atoms with E-state index >= 15 is 0 Å². The van der Waals surface area contributed by atoms with Gasteiger partial charge in [0.2, 0.25) is 0 Å². The first-order chi connectivity index (χ1) is 8.75.